The monoisotopic (exact) mass is 183 g/mol. The van der Waals surface area contributed by atoms with E-state index in [9.17, 15) is 9.90 Å². The maximum Gasteiger partial charge on any atom is 0.0450 e. The molecule has 0 aliphatic heterocycles. The van der Waals surface area contributed by atoms with Gasteiger partial charge >= 0.3 is 0 Å². The molecule has 1 atom stereocenters. The molecule has 0 radical (unpaired) electrons. The van der Waals surface area contributed by atoms with Gasteiger partial charge in [-0.3, -0.25) is 0 Å². The van der Waals surface area contributed by atoms with Gasteiger partial charge in [-0.05, 0) is 0 Å². The summed E-state index contributed by atoms with van der Waals surface area (Å²) in [5.74, 6) is -1.38. The Morgan fingerprint density at radius 3 is 2.25 bits per heavy atom. The summed E-state index contributed by atoms with van der Waals surface area (Å²) >= 11 is 2.99. The number of quaternary nitrogens is 1. The number of carbonyl (C=O) groups excluding carboxylic acids is 1. The van der Waals surface area contributed by atoms with Crippen molar-refractivity contribution in [3.05, 3.63) is 0 Å². The Kier molecular flexibility index (Phi) is 6.83. The van der Waals surface area contributed by atoms with Gasteiger partial charge in [-0.1, -0.05) is 22.9 Å². The van der Waals surface area contributed by atoms with Crippen molar-refractivity contribution < 1.29 is 9.90 Å². The summed E-state index contributed by atoms with van der Waals surface area (Å²) < 4.78 is 0. The maximum absolute atomic E-state index is 9.79. The third-order valence-corrected chi connectivity index (χ3v) is 1.61. The van der Waals surface area contributed by atoms with Crippen molar-refractivity contribution in [1.29, 1.82) is 0 Å². The summed E-state index contributed by atoms with van der Waals surface area (Å²) in [5.41, 5.74) is 0. The van der Waals surface area contributed by atoms with Crippen LogP contribution in [0.5, 0.6) is 0 Å². The molecular weight excluding hydrogens is 174 g/mol. The second kappa shape index (κ2) is 5.05. The highest BCUT2D eigenvalue weighted by molar-refractivity contribution is 9.09. The highest BCUT2D eigenvalue weighted by Gasteiger charge is 1.96. The molecule has 3 nitrogen and oxygen atoms in total. The van der Waals surface area contributed by atoms with Gasteiger partial charge in [0.15, 0.2) is 0 Å². The van der Waals surface area contributed by atoms with Gasteiger partial charge in [0.25, 0.3) is 0 Å². The van der Waals surface area contributed by atoms with Crippen LogP contribution < -0.4 is 11.3 Å². The van der Waals surface area contributed by atoms with Crippen LogP contribution >= 0.6 is 15.9 Å². The molecule has 4 N–H and O–H groups in total. The molecular formula is C4H10BrNO2. The molecule has 0 heterocycles. The van der Waals surface area contributed by atoms with Crippen molar-refractivity contribution in [2.75, 3.05) is 5.33 Å². The van der Waals surface area contributed by atoms with E-state index in [-0.39, 0.29) is 12.1 Å². The Morgan fingerprint density at radius 2 is 2.25 bits per heavy atom. The number of rotatable bonds is 2. The second-order valence-corrected chi connectivity index (χ2v) is 2.02. The number of halogens is 1. The van der Waals surface area contributed by atoms with Gasteiger partial charge in [0.05, 0.1) is 0 Å². The lowest BCUT2D eigenvalue weighted by atomic mass is 10.2. The number of alkyl halides is 1. The molecule has 4 heteroatoms. The van der Waals surface area contributed by atoms with Crippen LogP contribution in [-0.4, -0.2) is 11.3 Å². The molecule has 0 amide bonds. The molecule has 0 fully saturated rings. The normalized spacial score (nSPS) is 11.8. The fourth-order valence-corrected chi connectivity index (χ4v) is 0.327. The number of carboxylic acids is 1. The molecule has 0 spiro atoms. The zero-order chi connectivity index (χ0) is 5.86. The minimum Gasteiger partial charge on any atom is -0.550 e. The standard InChI is InChI=1S/C4H7BrO2.H3N/c1-3(2-5)4(6)7;/h3H,2H2,1H3,(H,6,7);1H3. The Bertz CT molecular complexity index is 76.4. The first-order valence-electron chi connectivity index (χ1n) is 1.95. The highest BCUT2D eigenvalue weighted by Crippen LogP contribution is 1.95. The Labute approximate surface area is 56.8 Å². The number of hydrogen-bond acceptors (Lipinski definition) is 2. The quantitative estimate of drug-likeness (QED) is 0.619. The lowest BCUT2D eigenvalue weighted by Crippen LogP contribution is -2.30. The Morgan fingerprint density at radius 1 is 1.88 bits per heavy atom. The van der Waals surface area contributed by atoms with Crippen LogP contribution in [0.1, 0.15) is 6.92 Å². The van der Waals surface area contributed by atoms with Crippen LogP contribution in [0.3, 0.4) is 0 Å². The number of carboxylic acid groups (broad SMARTS) is 1. The van der Waals surface area contributed by atoms with E-state index < -0.39 is 5.97 Å². The average molecular weight is 184 g/mol. The van der Waals surface area contributed by atoms with E-state index in [0.29, 0.717) is 5.33 Å². The van der Waals surface area contributed by atoms with Crippen LogP contribution in [0.15, 0.2) is 0 Å². The second-order valence-electron chi connectivity index (χ2n) is 1.37. The summed E-state index contributed by atoms with van der Waals surface area (Å²) in [6.07, 6.45) is 0. The van der Waals surface area contributed by atoms with Crippen LogP contribution in [0, 0.1) is 5.92 Å². The summed E-state index contributed by atoms with van der Waals surface area (Å²) in [4.78, 5) is 9.79. The fraction of sp³-hybridized carbons (Fsp3) is 0.750. The largest absolute Gasteiger partial charge is 0.550 e. The zero-order valence-corrected chi connectivity index (χ0v) is 6.56. The van der Waals surface area contributed by atoms with Gasteiger partial charge in [0, 0.05) is 17.2 Å². The first-order chi connectivity index (χ1) is 3.18. The van der Waals surface area contributed by atoms with E-state index in [1.54, 1.807) is 6.92 Å². The van der Waals surface area contributed by atoms with E-state index in [4.69, 9.17) is 0 Å². The van der Waals surface area contributed by atoms with Crippen molar-refractivity contribution >= 4 is 21.9 Å². The van der Waals surface area contributed by atoms with Crippen molar-refractivity contribution in [2.24, 2.45) is 5.92 Å². The molecule has 50 valence electrons. The molecule has 0 rings (SSSR count). The van der Waals surface area contributed by atoms with E-state index in [0.717, 1.165) is 0 Å². The predicted molar refractivity (Wildman–Crippen MR) is 33.9 cm³/mol. The molecule has 0 aromatic carbocycles. The predicted octanol–water partition coefficient (Wildman–Crippen LogP) is 0.143. The first-order valence-corrected chi connectivity index (χ1v) is 3.07. The van der Waals surface area contributed by atoms with Gasteiger partial charge in [-0.15, -0.1) is 0 Å². The van der Waals surface area contributed by atoms with Crippen LogP contribution in [0.25, 0.3) is 0 Å². The molecule has 0 aliphatic carbocycles. The SMILES string of the molecule is CC(CBr)C(=O)[O-].[NH4+]. The minimum atomic E-state index is -1.00. The Hall–Kier alpha value is -0.0900. The van der Waals surface area contributed by atoms with E-state index in [1.165, 1.54) is 0 Å². The Balaban J connectivity index is 0. The zero-order valence-electron chi connectivity index (χ0n) is 4.98. The third-order valence-electron chi connectivity index (χ3n) is 0.634. The van der Waals surface area contributed by atoms with Gasteiger partial charge in [0.1, 0.15) is 0 Å². The van der Waals surface area contributed by atoms with Gasteiger partial charge < -0.3 is 16.1 Å². The van der Waals surface area contributed by atoms with Gasteiger partial charge in [-0.25, -0.2) is 0 Å². The molecule has 0 saturated carbocycles. The average Bonchev–Trinajstić information content (AvgIpc) is 1.65. The maximum atomic E-state index is 9.79. The minimum absolute atomic E-state index is 0. The van der Waals surface area contributed by atoms with Crippen molar-refractivity contribution in [3.63, 3.8) is 0 Å². The van der Waals surface area contributed by atoms with E-state index in [1.807, 2.05) is 0 Å². The van der Waals surface area contributed by atoms with E-state index in [2.05, 4.69) is 15.9 Å². The molecule has 0 aromatic rings. The summed E-state index contributed by atoms with van der Waals surface area (Å²) in [6.45, 7) is 1.59. The summed E-state index contributed by atoms with van der Waals surface area (Å²) in [6, 6.07) is 0. The van der Waals surface area contributed by atoms with Crippen LogP contribution in [0.4, 0.5) is 0 Å². The van der Waals surface area contributed by atoms with E-state index >= 15 is 0 Å². The van der Waals surface area contributed by atoms with Crippen LogP contribution in [-0.2, 0) is 4.79 Å². The van der Waals surface area contributed by atoms with Crippen molar-refractivity contribution in [3.8, 4) is 0 Å². The lowest BCUT2D eigenvalue weighted by Gasteiger charge is -2.05. The molecule has 1 unspecified atom stereocenters. The number of aliphatic carboxylic acids is 1. The third kappa shape index (κ3) is 4.08. The molecule has 0 bridgehead atoms. The molecule has 0 aliphatic rings. The highest BCUT2D eigenvalue weighted by atomic mass is 79.9. The van der Waals surface area contributed by atoms with Crippen molar-refractivity contribution in [2.45, 2.75) is 6.92 Å². The fourth-order valence-electron chi connectivity index (χ4n) is 0.0630. The number of carbonyl (C=O) groups is 1. The topological polar surface area (TPSA) is 76.6 Å². The van der Waals surface area contributed by atoms with Crippen molar-refractivity contribution in [1.82, 2.24) is 6.15 Å². The number of hydrogen-bond donors (Lipinski definition) is 1. The molecule has 0 aromatic heterocycles. The van der Waals surface area contributed by atoms with Gasteiger partial charge in [0.2, 0.25) is 0 Å². The summed E-state index contributed by atoms with van der Waals surface area (Å²) in [5, 5.41) is 10.3. The molecule has 0 saturated heterocycles. The molecule has 8 heavy (non-hydrogen) atoms. The first kappa shape index (κ1) is 10.8. The van der Waals surface area contributed by atoms with Crippen LogP contribution in [0.2, 0.25) is 0 Å². The lowest BCUT2D eigenvalue weighted by molar-refractivity contribution is -0.310. The smallest absolute Gasteiger partial charge is 0.0450 e. The van der Waals surface area contributed by atoms with Gasteiger partial charge in [-0.2, -0.15) is 0 Å². The summed E-state index contributed by atoms with van der Waals surface area (Å²) in [7, 11) is 0.